The molecule has 7 nitrogen and oxygen atoms in total. The molecule has 0 saturated carbocycles. The Hall–Kier alpha value is -2.70. The van der Waals surface area contributed by atoms with Crippen LogP contribution in [0.5, 0.6) is 0 Å². The minimum atomic E-state index is -0.951. The van der Waals surface area contributed by atoms with E-state index in [0.717, 1.165) is 6.42 Å². The number of non-ortho nitro benzene ring substituents is 1. The van der Waals surface area contributed by atoms with E-state index in [2.05, 4.69) is 0 Å². The number of carboxylic acid groups (broad SMARTS) is 1. The normalized spacial score (nSPS) is 10.6. The molecule has 1 N–H and O–H groups in total. The lowest BCUT2D eigenvalue weighted by Crippen LogP contribution is -2.32. The standard InChI is InChI=1S/C15H18N2O5/c1-2-10-16(11-9-15(19)20)14(18)8-5-12-3-6-13(7-4-12)17(21)22/h3-8H,2,9-11H2,1H3,(H,19,20)/b8-5+. The third-order valence-electron chi connectivity index (χ3n) is 2.92. The van der Waals surface area contributed by atoms with Crippen LogP contribution in [0.2, 0.25) is 0 Å². The van der Waals surface area contributed by atoms with Gasteiger partial charge < -0.3 is 10.0 Å². The SMILES string of the molecule is CCCN(CCC(=O)O)C(=O)/C=C/c1ccc([N+](=O)[O-])cc1. The molecule has 0 aromatic heterocycles. The molecule has 0 spiro atoms. The molecule has 7 heteroatoms. The van der Waals surface area contributed by atoms with Gasteiger partial charge in [0, 0.05) is 31.3 Å². The molecule has 0 radical (unpaired) electrons. The zero-order valence-corrected chi connectivity index (χ0v) is 12.3. The summed E-state index contributed by atoms with van der Waals surface area (Å²) >= 11 is 0. The number of aliphatic carboxylic acids is 1. The Morgan fingerprint density at radius 2 is 1.91 bits per heavy atom. The fourth-order valence-corrected chi connectivity index (χ4v) is 1.81. The van der Waals surface area contributed by atoms with Gasteiger partial charge in [-0.1, -0.05) is 6.92 Å². The van der Waals surface area contributed by atoms with E-state index in [-0.39, 0.29) is 24.6 Å². The molecule has 0 aliphatic heterocycles. The van der Waals surface area contributed by atoms with Gasteiger partial charge in [-0.15, -0.1) is 0 Å². The van der Waals surface area contributed by atoms with E-state index in [0.29, 0.717) is 12.1 Å². The average Bonchev–Trinajstić information content (AvgIpc) is 2.49. The van der Waals surface area contributed by atoms with Gasteiger partial charge in [0.05, 0.1) is 11.3 Å². The molecular formula is C15H18N2O5. The summed E-state index contributed by atoms with van der Waals surface area (Å²) in [6, 6.07) is 5.81. The van der Waals surface area contributed by atoms with E-state index in [9.17, 15) is 19.7 Å². The van der Waals surface area contributed by atoms with E-state index < -0.39 is 10.9 Å². The lowest BCUT2D eigenvalue weighted by atomic mass is 10.2. The monoisotopic (exact) mass is 306 g/mol. The predicted molar refractivity (Wildman–Crippen MR) is 81.3 cm³/mol. The number of rotatable bonds is 8. The smallest absolute Gasteiger partial charge is 0.305 e. The molecule has 1 aromatic rings. The van der Waals surface area contributed by atoms with Gasteiger partial charge in [0.2, 0.25) is 5.91 Å². The number of carboxylic acids is 1. The number of hydrogen-bond acceptors (Lipinski definition) is 4. The van der Waals surface area contributed by atoms with Crippen LogP contribution in [0.15, 0.2) is 30.3 Å². The Balaban J connectivity index is 2.70. The lowest BCUT2D eigenvalue weighted by molar-refractivity contribution is -0.384. The summed E-state index contributed by atoms with van der Waals surface area (Å²) in [4.78, 5) is 34.1. The molecule has 0 fully saturated rings. The maximum Gasteiger partial charge on any atom is 0.305 e. The van der Waals surface area contributed by atoms with Crippen molar-refractivity contribution < 1.29 is 19.6 Å². The molecule has 1 rings (SSSR count). The molecule has 0 aliphatic carbocycles. The van der Waals surface area contributed by atoms with E-state index >= 15 is 0 Å². The van der Waals surface area contributed by atoms with Crippen LogP contribution in [0.25, 0.3) is 6.08 Å². The molecule has 0 aliphatic rings. The Bertz CT molecular complexity index is 566. The van der Waals surface area contributed by atoms with Crippen molar-refractivity contribution in [1.82, 2.24) is 4.90 Å². The van der Waals surface area contributed by atoms with Crippen molar-refractivity contribution in [3.63, 3.8) is 0 Å². The van der Waals surface area contributed by atoms with Crippen molar-refractivity contribution in [3.8, 4) is 0 Å². The van der Waals surface area contributed by atoms with Crippen molar-refractivity contribution in [2.24, 2.45) is 0 Å². The number of hydrogen-bond donors (Lipinski definition) is 1. The summed E-state index contributed by atoms with van der Waals surface area (Å²) in [6.45, 7) is 2.55. The van der Waals surface area contributed by atoms with Gasteiger partial charge >= 0.3 is 5.97 Å². The average molecular weight is 306 g/mol. The Morgan fingerprint density at radius 1 is 1.27 bits per heavy atom. The van der Waals surface area contributed by atoms with Crippen molar-refractivity contribution in [3.05, 3.63) is 46.0 Å². The summed E-state index contributed by atoms with van der Waals surface area (Å²) in [5.74, 6) is -1.23. The van der Waals surface area contributed by atoms with Crippen LogP contribution in [0.4, 0.5) is 5.69 Å². The highest BCUT2D eigenvalue weighted by Gasteiger charge is 2.11. The van der Waals surface area contributed by atoms with Gasteiger partial charge in [-0.3, -0.25) is 19.7 Å². The number of carbonyl (C=O) groups is 2. The van der Waals surface area contributed by atoms with E-state index in [1.807, 2.05) is 6.92 Å². The van der Waals surface area contributed by atoms with Crippen molar-refractivity contribution >= 4 is 23.6 Å². The number of amides is 1. The topological polar surface area (TPSA) is 101 Å². The summed E-state index contributed by atoms with van der Waals surface area (Å²) in [6.07, 6.45) is 3.53. The van der Waals surface area contributed by atoms with Gasteiger partial charge in [0.15, 0.2) is 0 Å². The molecule has 1 amide bonds. The number of nitro groups is 1. The van der Waals surface area contributed by atoms with E-state index in [4.69, 9.17) is 5.11 Å². The molecule has 0 unspecified atom stereocenters. The minimum absolute atomic E-state index is 0.0162. The van der Waals surface area contributed by atoms with E-state index in [1.54, 1.807) is 18.2 Å². The number of nitrogens with zero attached hydrogens (tertiary/aromatic N) is 2. The summed E-state index contributed by atoms with van der Waals surface area (Å²) < 4.78 is 0. The maximum absolute atomic E-state index is 12.0. The highest BCUT2D eigenvalue weighted by Crippen LogP contribution is 2.13. The zero-order chi connectivity index (χ0) is 16.5. The largest absolute Gasteiger partial charge is 0.481 e. The van der Waals surface area contributed by atoms with Crippen LogP contribution >= 0.6 is 0 Å². The van der Waals surface area contributed by atoms with Crippen LogP contribution in [0, 0.1) is 10.1 Å². The second-order valence-electron chi connectivity index (χ2n) is 4.65. The number of carbonyl (C=O) groups excluding carboxylic acids is 1. The van der Waals surface area contributed by atoms with Crippen LogP contribution in [0.1, 0.15) is 25.3 Å². The Labute approximate surface area is 128 Å². The van der Waals surface area contributed by atoms with Crippen molar-refractivity contribution in [2.45, 2.75) is 19.8 Å². The van der Waals surface area contributed by atoms with Crippen molar-refractivity contribution in [2.75, 3.05) is 13.1 Å². The van der Waals surface area contributed by atoms with Crippen LogP contribution < -0.4 is 0 Å². The predicted octanol–water partition coefficient (Wildman–Crippen LogP) is 2.32. The van der Waals surface area contributed by atoms with Crippen LogP contribution in [-0.2, 0) is 9.59 Å². The molecule has 0 bridgehead atoms. The molecule has 118 valence electrons. The summed E-state index contributed by atoms with van der Waals surface area (Å²) in [7, 11) is 0. The second kappa shape index (κ2) is 8.56. The minimum Gasteiger partial charge on any atom is -0.481 e. The summed E-state index contributed by atoms with van der Waals surface area (Å²) in [5.41, 5.74) is 0.645. The quantitative estimate of drug-likeness (QED) is 0.451. The maximum atomic E-state index is 12.0. The molecular weight excluding hydrogens is 288 g/mol. The highest BCUT2D eigenvalue weighted by molar-refractivity contribution is 5.92. The first-order valence-corrected chi connectivity index (χ1v) is 6.87. The molecule has 1 aromatic carbocycles. The fraction of sp³-hybridized carbons (Fsp3) is 0.333. The van der Waals surface area contributed by atoms with Crippen LogP contribution in [-0.4, -0.2) is 39.9 Å². The van der Waals surface area contributed by atoms with Crippen molar-refractivity contribution in [1.29, 1.82) is 0 Å². The van der Waals surface area contributed by atoms with E-state index in [1.165, 1.54) is 23.1 Å². The molecule has 22 heavy (non-hydrogen) atoms. The first-order valence-electron chi connectivity index (χ1n) is 6.87. The third kappa shape index (κ3) is 5.74. The van der Waals surface area contributed by atoms with Gasteiger partial charge in [-0.05, 0) is 30.2 Å². The first kappa shape index (κ1) is 17.4. The van der Waals surface area contributed by atoms with Gasteiger partial charge in [0.25, 0.3) is 5.69 Å². The Morgan fingerprint density at radius 3 is 2.41 bits per heavy atom. The second-order valence-corrected chi connectivity index (χ2v) is 4.65. The van der Waals surface area contributed by atoms with Gasteiger partial charge in [-0.2, -0.15) is 0 Å². The first-order chi connectivity index (χ1) is 10.4. The highest BCUT2D eigenvalue weighted by atomic mass is 16.6. The van der Waals surface area contributed by atoms with Gasteiger partial charge in [-0.25, -0.2) is 0 Å². The Kier molecular flexibility index (Phi) is 6.75. The van der Waals surface area contributed by atoms with Gasteiger partial charge in [0.1, 0.15) is 0 Å². The fourth-order valence-electron chi connectivity index (χ4n) is 1.81. The number of benzene rings is 1. The zero-order valence-electron chi connectivity index (χ0n) is 12.3. The summed E-state index contributed by atoms with van der Waals surface area (Å²) in [5, 5.41) is 19.2. The number of nitro benzene ring substituents is 1. The lowest BCUT2D eigenvalue weighted by Gasteiger charge is -2.19. The molecule has 0 saturated heterocycles. The van der Waals surface area contributed by atoms with Crippen LogP contribution in [0.3, 0.4) is 0 Å². The third-order valence-corrected chi connectivity index (χ3v) is 2.92. The molecule has 0 heterocycles. The molecule has 0 atom stereocenters.